The van der Waals surface area contributed by atoms with Crippen LogP contribution in [0.2, 0.25) is 0 Å². The normalized spacial score (nSPS) is 33.8. The quantitative estimate of drug-likeness (QED) is 0.288. The summed E-state index contributed by atoms with van der Waals surface area (Å²) in [6.45, 7) is 2.13. The first-order chi connectivity index (χ1) is 13.7. The Hall–Kier alpha value is -1.69. The van der Waals surface area contributed by atoms with Crippen LogP contribution in [0.5, 0.6) is 0 Å². The highest BCUT2D eigenvalue weighted by atomic mass is 31.1. The first kappa shape index (κ1) is 23.6. The van der Waals surface area contributed by atoms with Crippen molar-refractivity contribution in [1.29, 1.82) is 0 Å². The van der Waals surface area contributed by atoms with Crippen LogP contribution in [0.15, 0.2) is 0 Å². The third-order valence-electron chi connectivity index (χ3n) is 6.51. The average Bonchev–Trinajstić information content (AvgIpc) is 2.62. The van der Waals surface area contributed by atoms with Crippen molar-refractivity contribution in [2.45, 2.75) is 69.6 Å². The van der Waals surface area contributed by atoms with Gasteiger partial charge in [-0.15, -0.1) is 0 Å². The summed E-state index contributed by atoms with van der Waals surface area (Å²) in [7, 11) is -1.07. The Labute approximate surface area is 171 Å². The Morgan fingerprint density at radius 3 is 1.48 bits per heavy atom. The summed E-state index contributed by atoms with van der Waals surface area (Å²) in [6, 6.07) is 0. The molecule has 164 valence electrons. The van der Waals surface area contributed by atoms with Crippen molar-refractivity contribution in [3.8, 4) is 0 Å². The Balaban J connectivity index is 2.28. The summed E-state index contributed by atoms with van der Waals surface area (Å²) in [5.74, 6) is -9.52. The van der Waals surface area contributed by atoms with Gasteiger partial charge in [-0.25, -0.2) is 0 Å². The first-order valence-corrected chi connectivity index (χ1v) is 12.0. The van der Waals surface area contributed by atoms with Gasteiger partial charge in [-0.2, -0.15) is 0 Å². The van der Waals surface area contributed by atoms with E-state index in [1.807, 2.05) is 0 Å². The van der Waals surface area contributed by atoms with Crippen molar-refractivity contribution in [2.24, 2.45) is 23.7 Å². The molecule has 2 saturated heterocycles. The predicted molar refractivity (Wildman–Crippen MR) is 106 cm³/mol. The highest BCUT2D eigenvalue weighted by Gasteiger charge is 2.59. The van der Waals surface area contributed by atoms with Gasteiger partial charge in [-0.05, 0) is 36.7 Å². The minimum Gasteiger partial charge on any atom is -0.481 e. The molecule has 0 aromatic carbocycles. The van der Waals surface area contributed by atoms with Crippen molar-refractivity contribution in [3.05, 3.63) is 0 Å². The maximum absolute atomic E-state index is 11.9. The molecular weight excluding hydrogens is 399 g/mol. The molecule has 0 aliphatic carbocycles. The summed E-state index contributed by atoms with van der Waals surface area (Å²) in [6.07, 6.45) is 6.84. The van der Waals surface area contributed by atoms with Gasteiger partial charge in [-0.3, -0.25) is 19.2 Å². The lowest BCUT2D eigenvalue weighted by Crippen LogP contribution is -2.55. The Kier molecular flexibility index (Phi) is 8.44. The lowest BCUT2D eigenvalue weighted by molar-refractivity contribution is -0.160. The maximum Gasteiger partial charge on any atom is 0.308 e. The summed E-state index contributed by atoms with van der Waals surface area (Å²) >= 11 is 0. The largest absolute Gasteiger partial charge is 0.481 e. The summed E-state index contributed by atoms with van der Waals surface area (Å²) in [5.41, 5.74) is -1.12. The number of hydrogen-bond acceptors (Lipinski definition) is 4. The van der Waals surface area contributed by atoms with Crippen molar-refractivity contribution in [3.63, 3.8) is 0 Å². The van der Waals surface area contributed by atoms with E-state index in [-0.39, 0.29) is 12.8 Å². The molecule has 4 N–H and O–H groups in total. The number of carboxylic acid groups (broad SMARTS) is 4. The highest BCUT2D eigenvalue weighted by Crippen LogP contribution is 2.65. The van der Waals surface area contributed by atoms with Crippen molar-refractivity contribution >= 4 is 31.8 Å². The van der Waals surface area contributed by atoms with E-state index >= 15 is 0 Å². The Morgan fingerprint density at radius 2 is 1.10 bits per heavy atom. The number of carbonyl (C=O) groups is 4. The van der Waals surface area contributed by atoms with Gasteiger partial charge in [-0.1, -0.05) is 46.9 Å². The van der Waals surface area contributed by atoms with Crippen LogP contribution in [-0.2, 0) is 19.2 Å². The zero-order valence-corrected chi connectivity index (χ0v) is 17.6. The van der Waals surface area contributed by atoms with Gasteiger partial charge in [0, 0.05) is 0 Å². The summed E-state index contributed by atoms with van der Waals surface area (Å²) in [4.78, 5) is 47.4. The van der Waals surface area contributed by atoms with Gasteiger partial charge in [0.2, 0.25) is 0 Å². The third kappa shape index (κ3) is 5.27. The number of fused-ring (bicyclic) bond motifs is 2. The van der Waals surface area contributed by atoms with E-state index in [1.54, 1.807) is 0 Å². The summed E-state index contributed by atoms with van der Waals surface area (Å²) < 4.78 is 0. The van der Waals surface area contributed by atoms with Crippen LogP contribution in [0.4, 0.5) is 0 Å². The lowest BCUT2D eigenvalue weighted by Gasteiger charge is -2.52. The summed E-state index contributed by atoms with van der Waals surface area (Å²) in [5, 5.41) is 38.6. The highest BCUT2D eigenvalue weighted by molar-refractivity contribution is 7.59. The molecule has 0 spiro atoms. The molecule has 9 heteroatoms. The molecule has 0 aromatic rings. The fraction of sp³-hybridized carbons (Fsp3) is 0.800. The second kappa shape index (κ2) is 10.4. The fourth-order valence-corrected chi connectivity index (χ4v) is 9.40. The fourth-order valence-electron chi connectivity index (χ4n) is 5.16. The van der Waals surface area contributed by atoms with Gasteiger partial charge < -0.3 is 20.4 Å². The molecule has 0 amide bonds. The molecule has 2 bridgehead atoms. The molecule has 2 heterocycles. The van der Waals surface area contributed by atoms with E-state index in [1.165, 1.54) is 0 Å². The monoisotopic (exact) mass is 430 g/mol. The number of carboxylic acids is 4. The number of rotatable bonds is 11. The van der Waals surface area contributed by atoms with E-state index in [2.05, 4.69) is 6.92 Å². The Bertz CT molecular complexity index is 590. The van der Waals surface area contributed by atoms with Gasteiger partial charge in [0.15, 0.2) is 0 Å². The zero-order chi connectivity index (χ0) is 21.7. The van der Waals surface area contributed by atoms with Crippen LogP contribution in [0, 0.1) is 23.7 Å². The predicted octanol–water partition coefficient (Wildman–Crippen LogP) is 3.18. The molecule has 6 unspecified atom stereocenters. The van der Waals surface area contributed by atoms with Gasteiger partial charge in [0.1, 0.15) is 0 Å². The lowest BCUT2D eigenvalue weighted by atomic mass is 9.72. The molecule has 2 aliphatic rings. The molecule has 2 aliphatic heterocycles. The first-order valence-electron chi connectivity index (χ1n) is 10.4. The van der Waals surface area contributed by atoms with Crippen LogP contribution in [0.3, 0.4) is 0 Å². The van der Waals surface area contributed by atoms with Crippen molar-refractivity contribution in [2.75, 3.05) is 6.16 Å². The molecule has 2 rings (SSSR count). The molecule has 0 radical (unpaired) electrons. The van der Waals surface area contributed by atoms with E-state index in [4.69, 9.17) is 0 Å². The number of hydrogen-bond donors (Lipinski definition) is 4. The van der Waals surface area contributed by atoms with Crippen LogP contribution in [-0.4, -0.2) is 61.8 Å². The molecule has 6 atom stereocenters. The standard InChI is InChI=1S/C20H31O8P/c1-2-3-4-5-6-7-8-29-13-9-11(17(21)22)15(19(25)26)14(29)10-12(18(23)24)16(13)20(27)28/h11-16H,2-10H2,1H3,(H,21,22)(H,23,24)(H,25,26)(H,27,28). The van der Waals surface area contributed by atoms with Gasteiger partial charge in [0.25, 0.3) is 0 Å². The van der Waals surface area contributed by atoms with Crippen LogP contribution in [0.25, 0.3) is 0 Å². The molecule has 2 fully saturated rings. The topological polar surface area (TPSA) is 149 Å². The molecule has 0 saturated carbocycles. The van der Waals surface area contributed by atoms with E-state index in [0.29, 0.717) is 6.16 Å². The Morgan fingerprint density at radius 1 is 0.690 bits per heavy atom. The molecular formula is C20H31O8P. The molecule has 0 aromatic heterocycles. The maximum atomic E-state index is 11.9. The van der Waals surface area contributed by atoms with Crippen molar-refractivity contribution in [1.82, 2.24) is 0 Å². The third-order valence-corrected chi connectivity index (χ3v) is 10.1. The van der Waals surface area contributed by atoms with E-state index in [0.717, 1.165) is 38.5 Å². The molecule has 29 heavy (non-hydrogen) atoms. The average molecular weight is 430 g/mol. The van der Waals surface area contributed by atoms with Crippen LogP contribution in [0.1, 0.15) is 58.3 Å². The van der Waals surface area contributed by atoms with Gasteiger partial charge >= 0.3 is 23.9 Å². The zero-order valence-electron chi connectivity index (χ0n) is 16.7. The minimum absolute atomic E-state index is 0.0644. The SMILES string of the molecule is CCCCCCCCP1C2CC(C(=O)O)C(C(=O)O)C1CC(C(=O)O)C2C(=O)O. The minimum atomic E-state index is -1.24. The smallest absolute Gasteiger partial charge is 0.308 e. The number of aliphatic carboxylic acids is 4. The number of unbranched alkanes of at least 4 members (excludes halogenated alkanes) is 5. The molecule has 8 nitrogen and oxygen atoms in total. The van der Waals surface area contributed by atoms with E-state index < -0.39 is 66.8 Å². The van der Waals surface area contributed by atoms with Gasteiger partial charge in [0.05, 0.1) is 23.7 Å². The van der Waals surface area contributed by atoms with Crippen LogP contribution < -0.4 is 0 Å². The second-order valence-corrected chi connectivity index (χ2v) is 11.0. The second-order valence-electron chi connectivity index (χ2n) is 8.23. The van der Waals surface area contributed by atoms with Crippen molar-refractivity contribution < 1.29 is 39.6 Å². The van der Waals surface area contributed by atoms with Crippen LogP contribution >= 0.6 is 7.92 Å². The van der Waals surface area contributed by atoms with E-state index in [9.17, 15) is 39.6 Å².